The molecule has 180 valence electrons. The number of rotatable bonds is 9. The quantitative estimate of drug-likeness (QED) is 0.440. The SMILES string of the molecule is Cc1cc(CS(=O)(=O)c2ccc(Cl)cc2)cc(OCc2ccc(CN3CCC[C@@H]3CO)cc2)c1. The van der Waals surface area contributed by atoms with Gasteiger partial charge in [0.1, 0.15) is 12.4 Å². The summed E-state index contributed by atoms with van der Waals surface area (Å²) in [5.74, 6) is 0.542. The van der Waals surface area contributed by atoms with Gasteiger partial charge in [-0.25, -0.2) is 8.42 Å². The van der Waals surface area contributed by atoms with Crippen molar-refractivity contribution < 1.29 is 18.3 Å². The number of halogens is 1. The summed E-state index contributed by atoms with van der Waals surface area (Å²) in [6.45, 7) is 4.41. The van der Waals surface area contributed by atoms with Crippen LogP contribution in [0.2, 0.25) is 5.02 Å². The molecule has 0 spiro atoms. The van der Waals surface area contributed by atoms with Crippen LogP contribution in [0.15, 0.2) is 71.6 Å². The molecule has 0 bridgehead atoms. The Hall–Kier alpha value is -2.38. The third kappa shape index (κ3) is 6.39. The van der Waals surface area contributed by atoms with Crippen molar-refractivity contribution in [2.75, 3.05) is 13.2 Å². The first-order valence-electron chi connectivity index (χ1n) is 11.5. The maximum Gasteiger partial charge on any atom is 0.182 e. The van der Waals surface area contributed by atoms with Gasteiger partial charge in [-0.2, -0.15) is 0 Å². The molecule has 0 unspecified atom stereocenters. The lowest BCUT2D eigenvalue weighted by molar-refractivity contribution is 0.153. The van der Waals surface area contributed by atoms with Gasteiger partial charge >= 0.3 is 0 Å². The van der Waals surface area contributed by atoms with Crippen LogP contribution in [0.1, 0.15) is 35.1 Å². The van der Waals surface area contributed by atoms with Gasteiger partial charge in [-0.1, -0.05) is 41.9 Å². The molecular weight excluding hydrogens is 470 g/mol. The summed E-state index contributed by atoms with van der Waals surface area (Å²) >= 11 is 5.88. The minimum absolute atomic E-state index is 0.104. The summed E-state index contributed by atoms with van der Waals surface area (Å²) < 4.78 is 31.6. The molecule has 1 aliphatic rings. The summed E-state index contributed by atoms with van der Waals surface area (Å²) in [7, 11) is -3.49. The molecule has 1 atom stereocenters. The van der Waals surface area contributed by atoms with Gasteiger partial charge in [-0.05, 0) is 85.0 Å². The predicted molar refractivity (Wildman–Crippen MR) is 135 cm³/mol. The maximum absolute atomic E-state index is 12.8. The summed E-state index contributed by atoms with van der Waals surface area (Å²) in [5, 5.41) is 10.0. The lowest BCUT2D eigenvalue weighted by Gasteiger charge is -2.22. The fourth-order valence-electron chi connectivity index (χ4n) is 4.39. The van der Waals surface area contributed by atoms with E-state index in [4.69, 9.17) is 16.3 Å². The molecular formula is C27H30ClNO4S. The molecule has 0 aliphatic carbocycles. The van der Waals surface area contributed by atoms with Crippen molar-refractivity contribution >= 4 is 21.4 Å². The van der Waals surface area contributed by atoms with Gasteiger partial charge in [0.2, 0.25) is 0 Å². The Morgan fingerprint density at radius 3 is 2.41 bits per heavy atom. The minimum Gasteiger partial charge on any atom is -0.489 e. The van der Waals surface area contributed by atoms with Crippen LogP contribution in [-0.2, 0) is 28.7 Å². The van der Waals surface area contributed by atoms with E-state index in [0.29, 0.717) is 22.9 Å². The molecule has 0 amide bonds. The number of sulfone groups is 1. The number of aliphatic hydroxyl groups excluding tert-OH is 1. The lowest BCUT2D eigenvalue weighted by atomic mass is 10.1. The summed E-state index contributed by atoms with van der Waals surface area (Å²) in [4.78, 5) is 2.58. The van der Waals surface area contributed by atoms with Crippen molar-refractivity contribution in [3.8, 4) is 5.75 Å². The van der Waals surface area contributed by atoms with Crippen LogP contribution >= 0.6 is 11.6 Å². The van der Waals surface area contributed by atoms with E-state index < -0.39 is 9.84 Å². The van der Waals surface area contributed by atoms with E-state index in [1.807, 2.05) is 19.1 Å². The van der Waals surface area contributed by atoms with Gasteiger partial charge in [-0.3, -0.25) is 4.90 Å². The maximum atomic E-state index is 12.8. The van der Waals surface area contributed by atoms with Crippen LogP contribution in [-0.4, -0.2) is 37.6 Å². The lowest BCUT2D eigenvalue weighted by Crippen LogP contribution is -2.31. The molecule has 0 saturated carbocycles. The number of ether oxygens (including phenoxy) is 1. The first-order chi connectivity index (χ1) is 16.3. The van der Waals surface area contributed by atoms with Crippen molar-refractivity contribution in [2.45, 2.75) is 49.6 Å². The summed E-state index contributed by atoms with van der Waals surface area (Å²) in [6.07, 6.45) is 2.19. The fourth-order valence-corrected chi connectivity index (χ4v) is 5.84. The van der Waals surface area contributed by atoms with Gasteiger partial charge in [0.25, 0.3) is 0 Å². The normalized spacial score (nSPS) is 16.6. The molecule has 3 aromatic carbocycles. The second-order valence-corrected chi connectivity index (χ2v) is 11.3. The molecule has 4 rings (SSSR count). The third-order valence-corrected chi connectivity index (χ3v) is 8.12. The zero-order valence-corrected chi connectivity index (χ0v) is 20.9. The second-order valence-electron chi connectivity index (χ2n) is 8.92. The molecule has 1 fully saturated rings. The average Bonchev–Trinajstić information content (AvgIpc) is 3.25. The largest absolute Gasteiger partial charge is 0.489 e. The Labute approximate surface area is 206 Å². The predicted octanol–water partition coefficient (Wildman–Crippen LogP) is 5.16. The van der Waals surface area contributed by atoms with Gasteiger partial charge in [-0.15, -0.1) is 0 Å². The number of aliphatic hydroxyl groups is 1. The zero-order valence-electron chi connectivity index (χ0n) is 19.3. The number of benzene rings is 3. The zero-order chi connectivity index (χ0) is 24.1. The van der Waals surface area contributed by atoms with E-state index in [9.17, 15) is 13.5 Å². The van der Waals surface area contributed by atoms with Gasteiger partial charge in [0.15, 0.2) is 9.84 Å². The Balaban J connectivity index is 1.38. The van der Waals surface area contributed by atoms with Crippen molar-refractivity contribution in [3.05, 3.63) is 94.0 Å². The van der Waals surface area contributed by atoms with Crippen molar-refractivity contribution in [2.24, 2.45) is 0 Å². The topological polar surface area (TPSA) is 66.8 Å². The van der Waals surface area contributed by atoms with E-state index >= 15 is 0 Å². The Kier molecular flexibility index (Phi) is 7.94. The van der Waals surface area contributed by atoms with Crippen LogP contribution < -0.4 is 4.74 Å². The first kappa shape index (κ1) is 24.7. The highest BCUT2D eigenvalue weighted by atomic mass is 35.5. The minimum atomic E-state index is -3.49. The van der Waals surface area contributed by atoms with E-state index in [1.54, 1.807) is 18.2 Å². The molecule has 1 saturated heterocycles. The van der Waals surface area contributed by atoms with Crippen molar-refractivity contribution in [1.82, 2.24) is 4.90 Å². The first-order valence-corrected chi connectivity index (χ1v) is 13.5. The number of aryl methyl sites for hydroxylation is 1. The number of hydrogen-bond donors (Lipinski definition) is 1. The van der Waals surface area contributed by atoms with E-state index in [-0.39, 0.29) is 23.3 Å². The second kappa shape index (κ2) is 10.9. The third-order valence-electron chi connectivity index (χ3n) is 6.16. The van der Waals surface area contributed by atoms with Crippen LogP contribution in [0.5, 0.6) is 5.75 Å². The molecule has 1 heterocycles. The highest BCUT2D eigenvalue weighted by Crippen LogP contribution is 2.24. The van der Waals surface area contributed by atoms with Gasteiger partial charge < -0.3 is 9.84 Å². The Bertz CT molecular complexity index is 1210. The average molecular weight is 500 g/mol. The Morgan fingerprint density at radius 1 is 1.00 bits per heavy atom. The van der Waals surface area contributed by atoms with Crippen LogP contribution in [0.4, 0.5) is 0 Å². The van der Waals surface area contributed by atoms with Gasteiger partial charge in [0.05, 0.1) is 17.3 Å². The molecule has 0 radical (unpaired) electrons. The summed E-state index contributed by atoms with van der Waals surface area (Å²) in [5.41, 5.74) is 3.89. The number of nitrogens with zero attached hydrogens (tertiary/aromatic N) is 1. The fraction of sp³-hybridized carbons (Fsp3) is 0.333. The highest BCUT2D eigenvalue weighted by Gasteiger charge is 2.23. The molecule has 1 aliphatic heterocycles. The molecule has 7 heteroatoms. The van der Waals surface area contributed by atoms with Gasteiger partial charge in [0, 0.05) is 17.6 Å². The van der Waals surface area contributed by atoms with E-state index in [1.165, 1.54) is 17.7 Å². The Morgan fingerprint density at radius 2 is 1.71 bits per heavy atom. The molecule has 3 aromatic rings. The molecule has 0 aromatic heterocycles. The number of likely N-dealkylation sites (tertiary alicyclic amines) is 1. The monoisotopic (exact) mass is 499 g/mol. The van der Waals surface area contributed by atoms with Crippen LogP contribution in [0.25, 0.3) is 0 Å². The van der Waals surface area contributed by atoms with E-state index in [2.05, 4.69) is 29.2 Å². The summed E-state index contributed by atoms with van der Waals surface area (Å²) in [6, 6.07) is 20.4. The smallest absolute Gasteiger partial charge is 0.182 e. The standard InChI is InChI=1S/C27H30ClNO4S/c1-20-13-23(19-34(31,32)27-10-8-24(28)9-11-27)15-26(14-20)33-18-22-6-4-21(5-7-22)16-29-12-2-3-25(29)17-30/h4-11,13-15,25,30H,2-3,12,16-19H2,1H3/t25-/m1/s1. The number of hydrogen-bond acceptors (Lipinski definition) is 5. The van der Waals surface area contributed by atoms with E-state index in [0.717, 1.165) is 37.1 Å². The van der Waals surface area contributed by atoms with Crippen LogP contribution in [0.3, 0.4) is 0 Å². The molecule has 5 nitrogen and oxygen atoms in total. The van der Waals surface area contributed by atoms with Crippen LogP contribution in [0, 0.1) is 6.92 Å². The van der Waals surface area contributed by atoms with Crippen molar-refractivity contribution in [3.63, 3.8) is 0 Å². The van der Waals surface area contributed by atoms with Crippen molar-refractivity contribution in [1.29, 1.82) is 0 Å². The molecule has 1 N–H and O–H groups in total. The molecule has 34 heavy (non-hydrogen) atoms. The highest BCUT2D eigenvalue weighted by molar-refractivity contribution is 7.90.